The molecule has 6 nitrogen and oxygen atoms in total. The first-order chi connectivity index (χ1) is 8.38. The number of carbonyl (C=O) groups is 1. The van der Waals surface area contributed by atoms with Crippen LogP contribution < -0.4 is 0 Å². The molecule has 0 unspecified atom stereocenters. The Hall–Kier alpha value is -0.680. The molecule has 0 aromatic heterocycles. The summed E-state index contributed by atoms with van der Waals surface area (Å²) in [6.45, 7) is 5.79. The molecule has 0 radical (unpaired) electrons. The lowest BCUT2D eigenvalue weighted by molar-refractivity contribution is -0.162. The highest BCUT2D eigenvalue weighted by Gasteiger charge is 2.24. The lowest BCUT2D eigenvalue weighted by atomic mass is 10.3. The van der Waals surface area contributed by atoms with Crippen molar-refractivity contribution in [1.82, 2.24) is 5.06 Å². The second-order valence-corrected chi connectivity index (χ2v) is 5.67. The minimum absolute atomic E-state index is 0.0952. The highest BCUT2D eigenvalue weighted by Crippen LogP contribution is 2.49. The zero-order valence-corrected chi connectivity index (χ0v) is 12.5. The van der Waals surface area contributed by atoms with Gasteiger partial charge >= 0.3 is 7.60 Å². The predicted molar refractivity (Wildman–Crippen MR) is 69.3 cm³/mol. The van der Waals surface area contributed by atoms with E-state index in [0.717, 1.165) is 5.06 Å². The van der Waals surface area contributed by atoms with Crippen molar-refractivity contribution in [3.8, 4) is 0 Å². The second-order valence-electron chi connectivity index (χ2n) is 3.61. The van der Waals surface area contributed by atoms with E-state index in [-0.39, 0.29) is 12.1 Å². The van der Waals surface area contributed by atoms with E-state index in [9.17, 15) is 9.36 Å². The molecule has 0 rings (SSSR count). The maximum absolute atomic E-state index is 12.2. The molecule has 18 heavy (non-hydrogen) atoms. The number of amides is 1. The maximum atomic E-state index is 12.2. The van der Waals surface area contributed by atoms with Crippen LogP contribution in [0.25, 0.3) is 0 Å². The predicted octanol–water partition coefficient (Wildman–Crippen LogP) is 2.22. The van der Waals surface area contributed by atoms with Crippen molar-refractivity contribution in [2.45, 2.75) is 20.8 Å². The Morgan fingerprint density at radius 3 is 2.17 bits per heavy atom. The van der Waals surface area contributed by atoms with Gasteiger partial charge in [-0.25, -0.2) is 5.06 Å². The molecule has 0 saturated carbocycles. The average Bonchev–Trinajstić information content (AvgIpc) is 2.27. The number of allylic oxidation sites excluding steroid dienone is 1. The third-order valence-corrected chi connectivity index (χ3v) is 4.24. The van der Waals surface area contributed by atoms with Gasteiger partial charge in [-0.05, 0) is 20.8 Å². The third-order valence-electron chi connectivity index (χ3n) is 2.05. The van der Waals surface area contributed by atoms with Crippen molar-refractivity contribution < 1.29 is 23.2 Å². The molecule has 7 heteroatoms. The number of hydroxylamine groups is 2. The lowest BCUT2D eigenvalue weighted by Gasteiger charge is -2.17. The van der Waals surface area contributed by atoms with Crippen LogP contribution in [0.5, 0.6) is 0 Å². The number of carbonyl (C=O) groups excluding carboxylic acids is 1. The Kier molecular flexibility index (Phi) is 8.11. The van der Waals surface area contributed by atoms with Gasteiger partial charge in [0, 0.05) is 13.1 Å². The van der Waals surface area contributed by atoms with Gasteiger partial charge in [0.15, 0.2) is 0 Å². The molecule has 0 saturated heterocycles. The molecule has 0 N–H and O–H groups in total. The van der Waals surface area contributed by atoms with Gasteiger partial charge in [-0.2, -0.15) is 0 Å². The first kappa shape index (κ1) is 17.3. The van der Waals surface area contributed by atoms with Crippen LogP contribution in [0.2, 0.25) is 0 Å². The van der Waals surface area contributed by atoms with E-state index in [1.54, 1.807) is 20.8 Å². The van der Waals surface area contributed by atoms with Crippen molar-refractivity contribution in [2.75, 3.05) is 33.5 Å². The molecule has 0 aliphatic carbocycles. The summed E-state index contributed by atoms with van der Waals surface area (Å²) < 4.78 is 22.5. The fourth-order valence-corrected chi connectivity index (χ4v) is 3.01. The second kappa shape index (κ2) is 8.43. The van der Waals surface area contributed by atoms with Crippen molar-refractivity contribution in [3.05, 3.63) is 11.6 Å². The van der Waals surface area contributed by atoms with Gasteiger partial charge in [-0.15, -0.1) is 0 Å². The summed E-state index contributed by atoms with van der Waals surface area (Å²) in [7, 11) is -0.258. The topological polar surface area (TPSA) is 65.1 Å². The summed E-state index contributed by atoms with van der Waals surface area (Å²) in [6, 6.07) is 0. The minimum atomic E-state index is -3.15. The van der Waals surface area contributed by atoms with Crippen LogP contribution >= 0.6 is 7.60 Å². The molecule has 0 spiro atoms. The van der Waals surface area contributed by atoms with E-state index >= 15 is 0 Å². The number of nitrogens with zero attached hydrogens (tertiary/aromatic N) is 1. The van der Waals surface area contributed by atoms with E-state index in [1.807, 2.05) is 0 Å². The Morgan fingerprint density at radius 1 is 1.28 bits per heavy atom. The molecule has 0 fully saturated rings. The van der Waals surface area contributed by atoms with Crippen molar-refractivity contribution in [2.24, 2.45) is 0 Å². The van der Waals surface area contributed by atoms with Gasteiger partial charge < -0.3 is 9.05 Å². The molecular formula is C11H22NO5P. The van der Waals surface area contributed by atoms with Crippen LogP contribution in [-0.4, -0.2) is 44.5 Å². The maximum Gasteiger partial charge on any atom is 0.334 e. The lowest BCUT2D eigenvalue weighted by Crippen LogP contribution is -2.23. The van der Waals surface area contributed by atoms with Crippen LogP contribution in [-0.2, 0) is 23.2 Å². The molecule has 0 bridgehead atoms. The summed E-state index contributed by atoms with van der Waals surface area (Å²) in [5.41, 5.74) is 0.620. The van der Waals surface area contributed by atoms with Crippen LogP contribution in [0.4, 0.5) is 0 Å². The largest absolute Gasteiger partial charge is 0.334 e. The molecular weight excluding hydrogens is 257 g/mol. The molecule has 0 atom stereocenters. The summed E-state index contributed by atoms with van der Waals surface area (Å²) in [5.74, 6) is -0.324. The molecule has 0 aliphatic rings. The van der Waals surface area contributed by atoms with Crippen LogP contribution in [0.15, 0.2) is 11.6 Å². The average molecular weight is 279 g/mol. The summed E-state index contributed by atoms with van der Waals surface area (Å²) >= 11 is 0. The van der Waals surface area contributed by atoms with Crippen LogP contribution in [0.3, 0.4) is 0 Å². The first-order valence-corrected chi connectivity index (χ1v) is 7.48. The molecule has 0 heterocycles. The van der Waals surface area contributed by atoms with E-state index in [1.165, 1.54) is 20.2 Å². The zero-order chi connectivity index (χ0) is 14.2. The Labute approximate surface area is 108 Å². The summed E-state index contributed by atoms with van der Waals surface area (Å²) in [4.78, 5) is 16.3. The monoisotopic (exact) mass is 279 g/mol. The SMILES string of the molecule is CCOP(=O)(C/C(C)=C/C(=O)N(C)OC)OCC. The normalized spacial score (nSPS) is 12.6. The van der Waals surface area contributed by atoms with Gasteiger partial charge in [-0.1, -0.05) is 5.57 Å². The first-order valence-electron chi connectivity index (χ1n) is 5.75. The fourth-order valence-electron chi connectivity index (χ4n) is 1.26. The summed E-state index contributed by atoms with van der Waals surface area (Å²) in [5, 5.41) is 1.08. The van der Waals surface area contributed by atoms with Crippen molar-refractivity contribution >= 4 is 13.5 Å². The van der Waals surface area contributed by atoms with Gasteiger partial charge in [0.2, 0.25) is 0 Å². The zero-order valence-electron chi connectivity index (χ0n) is 11.6. The van der Waals surface area contributed by atoms with Gasteiger partial charge in [0.05, 0.1) is 26.5 Å². The molecule has 106 valence electrons. The fraction of sp³-hybridized carbons (Fsp3) is 0.727. The third kappa shape index (κ3) is 6.31. The van der Waals surface area contributed by atoms with E-state index in [4.69, 9.17) is 13.9 Å². The number of rotatable bonds is 8. The molecule has 0 aromatic carbocycles. The van der Waals surface area contributed by atoms with Crippen molar-refractivity contribution in [1.29, 1.82) is 0 Å². The molecule has 0 aliphatic heterocycles. The van der Waals surface area contributed by atoms with E-state index in [0.29, 0.717) is 18.8 Å². The van der Waals surface area contributed by atoms with Gasteiger partial charge in [0.25, 0.3) is 5.91 Å². The van der Waals surface area contributed by atoms with Gasteiger partial charge in [0.1, 0.15) is 0 Å². The quantitative estimate of drug-likeness (QED) is 0.387. The number of hydrogen-bond acceptors (Lipinski definition) is 5. The number of hydrogen-bond donors (Lipinski definition) is 0. The van der Waals surface area contributed by atoms with Crippen molar-refractivity contribution in [3.63, 3.8) is 0 Å². The Balaban J connectivity index is 4.69. The standard InChI is InChI=1S/C11H22NO5P/c1-6-16-18(14,17-7-2)9-10(3)8-11(13)12(4)15-5/h8H,6-7,9H2,1-5H3/b10-8+. The highest BCUT2D eigenvalue weighted by atomic mass is 31.2. The van der Waals surface area contributed by atoms with E-state index < -0.39 is 7.60 Å². The highest BCUT2D eigenvalue weighted by molar-refractivity contribution is 7.54. The van der Waals surface area contributed by atoms with Gasteiger partial charge in [-0.3, -0.25) is 14.2 Å². The molecule has 0 aromatic rings. The van der Waals surface area contributed by atoms with E-state index in [2.05, 4.69) is 0 Å². The van der Waals surface area contributed by atoms with Crippen LogP contribution in [0.1, 0.15) is 20.8 Å². The number of likely N-dealkylation sites (N-methyl/N-ethyl adjacent to an activating group) is 1. The Morgan fingerprint density at radius 2 is 1.78 bits per heavy atom. The smallest absolute Gasteiger partial charge is 0.309 e. The Bertz CT molecular complexity index is 332. The molecule has 1 amide bonds. The minimum Gasteiger partial charge on any atom is -0.309 e. The van der Waals surface area contributed by atoms with Crippen LogP contribution in [0, 0.1) is 0 Å². The summed E-state index contributed by atoms with van der Waals surface area (Å²) in [6.07, 6.45) is 1.45.